The van der Waals surface area contributed by atoms with E-state index in [1.165, 1.54) is 11.2 Å². The molecule has 36 heavy (non-hydrogen) atoms. The van der Waals surface area contributed by atoms with Crippen LogP contribution < -0.4 is 14.8 Å². The second-order valence-electron chi connectivity index (χ2n) is 8.58. The molecule has 2 heterocycles. The number of aliphatic hydroxyl groups excluding tert-OH is 1. The number of carbonyl (C=O) groups is 1. The number of aryl methyl sites for hydroxylation is 2. The molecule has 186 valence electrons. The Kier molecular flexibility index (Phi) is 7.60. The standard InChI is InChI=1S/C27H29N5O4/c1-17-12-20(9-11-23(17)36-21-10-8-18(2)28-13-21)31-27-26-22(29-16-30-27)6-5-7-24(26)35-19(3)14-32(4)25(34)15-33/h5-13,16,19,33H,14-15H2,1-4H3,(H,29,30,31)/t19-/m0/s1. The number of carbonyl (C=O) groups excluding carboxylic acids is 1. The first-order valence-electron chi connectivity index (χ1n) is 11.6. The molecule has 0 aliphatic heterocycles. The van der Waals surface area contributed by atoms with Gasteiger partial charge in [-0.3, -0.25) is 9.78 Å². The summed E-state index contributed by atoms with van der Waals surface area (Å²) in [5, 5.41) is 13.2. The fraction of sp³-hybridized carbons (Fsp3) is 0.259. The number of anilines is 2. The first-order valence-corrected chi connectivity index (χ1v) is 11.6. The molecule has 0 saturated carbocycles. The number of nitrogens with zero attached hydrogens (tertiary/aromatic N) is 4. The Balaban J connectivity index is 1.56. The smallest absolute Gasteiger partial charge is 0.248 e. The third-order valence-corrected chi connectivity index (χ3v) is 5.59. The first-order chi connectivity index (χ1) is 17.3. The number of likely N-dealkylation sites (N-methyl/N-ethyl adjacent to an activating group) is 1. The van der Waals surface area contributed by atoms with Crippen LogP contribution in [0.15, 0.2) is 61.1 Å². The minimum Gasteiger partial charge on any atom is -0.488 e. The average Bonchev–Trinajstić information content (AvgIpc) is 2.86. The van der Waals surface area contributed by atoms with E-state index in [0.717, 1.165) is 33.6 Å². The Morgan fingerprint density at radius 2 is 1.92 bits per heavy atom. The molecule has 4 aromatic rings. The zero-order valence-corrected chi connectivity index (χ0v) is 20.7. The van der Waals surface area contributed by atoms with Crippen LogP contribution in [0.3, 0.4) is 0 Å². The van der Waals surface area contributed by atoms with Crippen molar-refractivity contribution < 1.29 is 19.4 Å². The highest BCUT2D eigenvalue weighted by molar-refractivity contribution is 5.95. The molecule has 9 heteroatoms. The quantitative estimate of drug-likeness (QED) is 0.358. The predicted molar refractivity (Wildman–Crippen MR) is 138 cm³/mol. The number of nitrogens with one attached hydrogen (secondary N) is 1. The van der Waals surface area contributed by atoms with Crippen LogP contribution in [0.2, 0.25) is 0 Å². The molecule has 4 rings (SSSR count). The van der Waals surface area contributed by atoms with Crippen molar-refractivity contribution in [3.63, 3.8) is 0 Å². The van der Waals surface area contributed by atoms with Crippen molar-refractivity contribution in [1.82, 2.24) is 19.9 Å². The van der Waals surface area contributed by atoms with E-state index in [-0.39, 0.29) is 12.0 Å². The normalized spacial score (nSPS) is 11.7. The summed E-state index contributed by atoms with van der Waals surface area (Å²) >= 11 is 0. The highest BCUT2D eigenvalue weighted by Crippen LogP contribution is 2.33. The lowest BCUT2D eigenvalue weighted by atomic mass is 10.1. The van der Waals surface area contributed by atoms with E-state index >= 15 is 0 Å². The summed E-state index contributed by atoms with van der Waals surface area (Å²) in [7, 11) is 1.63. The van der Waals surface area contributed by atoms with Gasteiger partial charge < -0.3 is 24.8 Å². The van der Waals surface area contributed by atoms with E-state index in [2.05, 4.69) is 20.3 Å². The van der Waals surface area contributed by atoms with Gasteiger partial charge in [0, 0.05) is 18.4 Å². The maximum atomic E-state index is 11.7. The maximum Gasteiger partial charge on any atom is 0.248 e. The van der Waals surface area contributed by atoms with Crippen molar-refractivity contribution in [2.24, 2.45) is 0 Å². The van der Waals surface area contributed by atoms with E-state index in [1.807, 2.05) is 69.3 Å². The van der Waals surface area contributed by atoms with Gasteiger partial charge in [0.2, 0.25) is 5.91 Å². The lowest BCUT2D eigenvalue weighted by Crippen LogP contribution is -2.37. The number of amides is 1. The van der Waals surface area contributed by atoms with Gasteiger partial charge in [-0.05, 0) is 68.8 Å². The number of ether oxygens (including phenoxy) is 2. The highest BCUT2D eigenvalue weighted by Gasteiger charge is 2.16. The number of aromatic nitrogens is 3. The fourth-order valence-electron chi connectivity index (χ4n) is 3.75. The number of aliphatic hydroxyl groups is 1. The Morgan fingerprint density at radius 1 is 1.08 bits per heavy atom. The molecule has 1 amide bonds. The average molecular weight is 488 g/mol. The second kappa shape index (κ2) is 11.0. The van der Waals surface area contributed by atoms with Gasteiger partial charge in [0.15, 0.2) is 0 Å². The fourth-order valence-corrected chi connectivity index (χ4v) is 3.75. The van der Waals surface area contributed by atoms with Gasteiger partial charge in [0.25, 0.3) is 0 Å². The van der Waals surface area contributed by atoms with Gasteiger partial charge in [-0.2, -0.15) is 0 Å². The Hall–Kier alpha value is -4.24. The Labute approximate surface area is 209 Å². The first kappa shape index (κ1) is 24.9. The maximum absolute atomic E-state index is 11.7. The summed E-state index contributed by atoms with van der Waals surface area (Å²) < 4.78 is 12.1. The van der Waals surface area contributed by atoms with Crippen molar-refractivity contribution in [2.75, 3.05) is 25.5 Å². The van der Waals surface area contributed by atoms with E-state index < -0.39 is 6.61 Å². The Bertz CT molecular complexity index is 1360. The second-order valence-corrected chi connectivity index (χ2v) is 8.58. The predicted octanol–water partition coefficient (Wildman–Crippen LogP) is 4.40. The van der Waals surface area contributed by atoms with Gasteiger partial charge in [0.1, 0.15) is 42.1 Å². The number of benzene rings is 2. The van der Waals surface area contributed by atoms with E-state index in [4.69, 9.17) is 14.6 Å². The topological polar surface area (TPSA) is 110 Å². The number of hydrogen-bond donors (Lipinski definition) is 2. The van der Waals surface area contributed by atoms with Crippen molar-refractivity contribution in [3.05, 3.63) is 72.3 Å². The van der Waals surface area contributed by atoms with Gasteiger partial charge in [-0.1, -0.05) is 6.07 Å². The van der Waals surface area contributed by atoms with Gasteiger partial charge in [-0.25, -0.2) is 9.97 Å². The van der Waals surface area contributed by atoms with E-state index in [0.29, 0.717) is 23.9 Å². The molecule has 9 nitrogen and oxygen atoms in total. The van der Waals surface area contributed by atoms with Crippen LogP contribution in [0.4, 0.5) is 11.5 Å². The third-order valence-electron chi connectivity index (χ3n) is 5.59. The zero-order valence-electron chi connectivity index (χ0n) is 20.7. The van der Waals surface area contributed by atoms with Crippen LogP contribution in [0.1, 0.15) is 18.2 Å². The van der Waals surface area contributed by atoms with Crippen LogP contribution in [0.25, 0.3) is 10.9 Å². The lowest BCUT2D eigenvalue weighted by molar-refractivity contribution is -0.133. The van der Waals surface area contributed by atoms with Crippen molar-refractivity contribution in [1.29, 1.82) is 0 Å². The van der Waals surface area contributed by atoms with E-state index in [9.17, 15) is 4.79 Å². The summed E-state index contributed by atoms with van der Waals surface area (Å²) in [6, 6.07) is 15.2. The third kappa shape index (κ3) is 5.87. The highest BCUT2D eigenvalue weighted by atomic mass is 16.5. The summed E-state index contributed by atoms with van der Waals surface area (Å²) in [6.45, 7) is 5.55. The van der Waals surface area contributed by atoms with Crippen LogP contribution >= 0.6 is 0 Å². The molecule has 0 unspecified atom stereocenters. The van der Waals surface area contributed by atoms with Gasteiger partial charge >= 0.3 is 0 Å². The molecule has 0 aliphatic carbocycles. The molecule has 2 aromatic carbocycles. The molecule has 0 bridgehead atoms. The zero-order chi connectivity index (χ0) is 25.7. The molecule has 0 radical (unpaired) electrons. The number of hydrogen-bond acceptors (Lipinski definition) is 8. The summed E-state index contributed by atoms with van der Waals surface area (Å²) in [4.78, 5) is 26.3. The molecule has 1 atom stereocenters. The van der Waals surface area contributed by atoms with Crippen LogP contribution in [-0.4, -0.2) is 57.2 Å². The summed E-state index contributed by atoms with van der Waals surface area (Å²) in [5.41, 5.74) is 3.43. The largest absolute Gasteiger partial charge is 0.488 e. The van der Waals surface area contributed by atoms with Crippen LogP contribution in [0, 0.1) is 13.8 Å². The van der Waals surface area contributed by atoms with Crippen molar-refractivity contribution >= 4 is 28.3 Å². The monoisotopic (exact) mass is 487 g/mol. The summed E-state index contributed by atoms with van der Waals surface area (Å²) in [6.07, 6.45) is 2.88. The SMILES string of the molecule is Cc1ccc(Oc2ccc(Nc3ncnc4cccc(O[C@@H](C)CN(C)C(=O)CO)c34)cc2C)cn1. The van der Waals surface area contributed by atoms with Gasteiger partial charge in [0.05, 0.1) is 23.6 Å². The molecular formula is C27H29N5O4. The number of pyridine rings is 1. The molecule has 2 N–H and O–H groups in total. The minimum absolute atomic E-state index is 0.320. The van der Waals surface area contributed by atoms with Crippen molar-refractivity contribution in [3.8, 4) is 17.2 Å². The Morgan fingerprint density at radius 3 is 2.64 bits per heavy atom. The summed E-state index contributed by atoms with van der Waals surface area (Å²) in [5.74, 6) is 2.23. The van der Waals surface area contributed by atoms with Gasteiger partial charge in [-0.15, -0.1) is 0 Å². The minimum atomic E-state index is -0.537. The van der Waals surface area contributed by atoms with Crippen LogP contribution in [0.5, 0.6) is 17.2 Å². The molecular weight excluding hydrogens is 458 g/mol. The van der Waals surface area contributed by atoms with E-state index in [1.54, 1.807) is 13.2 Å². The van der Waals surface area contributed by atoms with Crippen LogP contribution in [-0.2, 0) is 4.79 Å². The molecule has 0 fully saturated rings. The molecule has 0 aliphatic rings. The van der Waals surface area contributed by atoms with Crippen molar-refractivity contribution in [2.45, 2.75) is 26.9 Å². The lowest BCUT2D eigenvalue weighted by Gasteiger charge is -2.23. The molecule has 2 aromatic heterocycles. The molecule has 0 saturated heterocycles. The number of rotatable bonds is 9. The number of fused-ring (bicyclic) bond motifs is 1. The molecule has 0 spiro atoms.